The van der Waals surface area contributed by atoms with Crippen LogP contribution in [-0.2, 0) is 4.79 Å². The summed E-state index contributed by atoms with van der Waals surface area (Å²) in [6.45, 7) is 7.81. The second-order valence-corrected chi connectivity index (χ2v) is 7.76. The second-order valence-electron chi connectivity index (χ2n) is 6.78. The molecule has 154 valence electrons. The Bertz CT molecular complexity index is 560. The molecule has 8 heteroatoms. The number of amides is 1. The first-order valence-corrected chi connectivity index (χ1v) is 10.5. The van der Waals surface area contributed by atoms with Crippen molar-refractivity contribution in [1.82, 2.24) is 20.9 Å². The SMILES string of the molecule is CCC(C)NC(=O)CCNC(=NC)NCC(c1cccs1)N1CCCC1.I. The Balaban J connectivity index is 0.00000364. The molecule has 1 aromatic heterocycles. The number of carbonyl (C=O) groups excluding carboxylic acids is 1. The Morgan fingerprint density at radius 3 is 2.67 bits per heavy atom. The molecule has 6 nitrogen and oxygen atoms in total. The zero-order valence-corrected chi connectivity index (χ0v) is 19.8. The van der Waals surface area contributed by atoms with Crippen molar-refractivity contribution in [2.75, 3.05) is 33.2 Å². The first kappa shape index (κ1) is 24.2. The van der Waals surface area contributed by atoms with Crippen molar-refractivity contribution in [2.45, 2.75) is 51.6 Å². The van der Waals surface area contributed by atoms with Crippen LogP contribution in [0.25, 0.3) is 0 Å². The highest BCUT2D eigenvalue weighted by molar-refractivity contribution is 14.0. The van der Waals surface area contributed by atoms with Gasteiger partial charge in [0.15, 0.2) is 5.96 Å². The highest BCUT2D eigenvalue weighted by Gasteiger charge is 2.24. The van der Waals surface area contributed by atoms with Crippen LogP contribution in [0.3, 0.4) is 0 Å². The smallest absolute Gasteiger partial charge is 0.221 e. The molecule has 0 radical (unpaired) electrons. The van der Waals surface area contributed by atoms with Crippen LogP contribution in [0.5, 0.6) is 0 Å². The molecule has 1 aliphatic rings. The van der Waals surface area contributed by atoms with Gasteiger partial charge in [0, 0.05) is 37.5 Å². The Morgan fingerprint density at radius 1 is 1.33 bits per heavy atom. The van der Waals surface area contributed by atoms with E-state index in [1.165, 1.54) is 17.7 Å². The molecule has 2 heterocycles. The first-order chi connectivity index (χ1) is 12.6. The van der Waals surface area contributed by atoms with Crippen molar-refractivity contribution in [1.29, 1.82) is 0 Å². The molecule has 1 amide bonds. The predicted octanol–water partition coefficient (Wildman–Crippen LogP) is 2.97. The Hall–Kier alpha value is -0.870. The normalized spacial score (nSPS) is 17.1. The van der Waals surface area contributed by atoms with E-state index >= 15 is 0 Å². The van der Waals surface area contributed by atoms with Gasteiger partial charge in [-0.05, 0) is 50.7 Å². The molecule has 0 saturated carbocycles. The average molecular weight is 507 g/mol. The zero-order valence-electron chi connectivity index (χ0n) is 16.7. The van der Waals surface area contributed by atoms with E-state index in [0.29, 0.717) is 19.0 Å². The van der Waals surface area contributed by atoms with Gasteiger partial charge in [0.2, 0.25) is 5.91 Å². The fourth-order valence-electron chi connectivity index (χ4n) is 3.10. The van der Waals surface area contributed by atoms with Crippen LogP contribution >= 0.6 is 35.3 Å². The average Bonchev–Trinajstić information content (AvgIpc) is 3.34. The molecule has 0 spiro atoms. The number of aliphatic imine (C=N–C) groups is 1. The molecular weight excluding hydrogens is 473 g/mol. The van der Waals surface area contributed by atoms with Crippen molar-refractivity contribution in [3.63, 3.8) is 0 Å². The van der Waals surface area contributed by atoms with Crippen LogP contribution in [0.4, 0.5) is 0 Å². The third kappa shape index (κ3) is 8.35. The van der Waals surface area contributed by atoms with Gasteiger partial charge in [-0.2, -0.15) is 0 Å². The lowest BCUT2D eigenvalue weighted by molar-refractivity contribution is -0.121. The summed E-state index contributed by atoms with van der Waals surface area (Å²) in [7, 11) is 1.77. The number of hydrogen-bond donors (Lipinski definition) is 3. The number of carbonyl (C=O) groups is 1. The molecule has 1 fully saturated rings. The number of thiophene rings is 1. The molecule has 2 atom stereocenters. The van der Waals surface area contributed by atoms with Crippen LogP contribution in [0.1, 0.15) is 50.4 Å². The van der Waals surface area contributed by atoms with Crippen LogP contribution in [0, 0.1) is 0 Å². The largest absolute Gasteiger partial charge is 0.356 e. The van der Waals surface area contributed by atoms with E-state index in [1.54, 1.807) is 7.05 Å². The predicted molar refractivity (Wildman–Crippen MR) is 125 cm³/mol. The fourth-order valence-corrected chi connectivity index (χ4v) is 3.96. The van der Waals surface area contributed by atoms with Crippen molar-refractivity contribution < 1.29 is 4.79 Å². The molecule has 0 aliphatic carbocycles. The number of guanidine groups is 1. The topological polar surface area (TPSA) is 68.8 Å². The molecule has 2 rings (SSSR count). The molecule has 2 unspecified atom stereocenters. The van der Waals surface area contributed by atoms with Gasteiger partial charge in [0.05, 0.1) is 6.04 Å². The van der Waals surface area contributed by atoms with Gasteiger partial charge in [-0.25, -0.2) is 0 Å². The molecule has 1 aliphatic heterocycles. The maximum atomic E-state index is 11.9. The van der Waals surface area contributed by atoms with Crippen LogP contribution in [0.2, 0.25) is 0 Å². The Kier molecular flexibility index (Phi) is 11.9. The summed E-state index contributed by atoms with van der Waals surface area (Å²) in [5.74, 6) is 0.831. The number of likely N-dealkylation sites (tertiary alicyclic amines) is 1. The molecule has 1 saturated heterocycles. The van der Waals surface area contributed by atoms with Crippen molar-refractivity contribution >= 4 is 47.2 Å². The number of nitrogens with one attached hydrogen (secondary N) is 3. The lowest BCUT2D eigenvalue weighted by atomic mass is 10.2. The fraction of sp³-hybridized carbons (Fsp3) is 0.684. The summed E-state index contributed by atoms with van der Waals surface area (Å²) in [5.41, 5.74) is 0. The maximum absolute atomic E-state index is 11.9. The van der Waals surface area contributed by atoms with E-state index < -0.39 is 0 Å². The highest BCUT2D eigenvalue weighted by atomic mass is 127. The molecule has 27 heavy (non-hydrogen) atoms. The van der Waals surface area contributed by atoms with Crippen molar-refractivity contribution in [3.05, 3.63) is 22.4 Å². The minimum Gasteiger partial charge on any atom is -0.356 e. The van der Waals surface area contributed by atoms with E-state index in [1.807, 2.05) is 18.3 Å². The maximum Gasteiger partial charge on any atom is 0.221 e. The number of nitrogens with zero attached hydrogens (tertiary/aromatic N) is 2. The van der Waals surface area contributed by atoms with Gasteiger partial charge in [-0.3, -0.25) is 14.7 Å². The van der Waals surface area contributed by atoms with Gasteiger partial charge in [0.25, 0.3) is 0 Å². The monoisotopic (exact) mass is 507 g/mol. The van der Waals surface area contributed by atoms with Gasteiger partial charge in [-0.1, -0.05) is 13.0 Å². The van der Waals surface area contributed by atoms with Crippen LogP contribution in [-0.4, -0.2) is 56.0 Å². The number of hydrogen-bond acceptors (Lipinski definition) is 4. The molecule has 1 aromatic rings. The summed E-state index contributed by atoms with van der Waals surface area (Å²) in [4.78, 5) is 20.1. The summed E-state index contributed by atoms with van der Waals surface area (Å²) >= 11 is 1.81. The van der Waals surface area contributed by atoms with Crippen LogP contribution in [0.15, 0.2) is 22.5 Å². The zero-order chi connectivity index (χ0) is 18.8. The Morgan fingerprint density at radius 2 is 2.07 bits per heavy atom. The van der Waals surface area contributed by atoms with E-state index in [-0.39, 0.29) is 35.9 Å². The van der Waals surface area contributed by atoms with E-state index in [2.05, 4.69) is 50.3 Å². The number of rotatable bonds is 9. The minimum absolute atomic E-state index is 0. The minimum atomic E-state index is 0. The third-order valence-corrected chi connectivity index (χ3v) is 5.78. The molecule has 3 N–H and O–H groups in total. The summed E-state index contributed by atoms with van der Waals surface area (Å²) in [6, 6.07) is 4.94. The summed E-state index contributed by atoms with van der Waals surface area (Å²) in [6.07, 6.45) is 3.95. The molecule has 0 bridgehead atoms. The van der Waals surface area contributed by atoms with E-state index in [9.17, 15) is 4.79 Å². The van der Waals surface area contributed by atoms with Crippen molar-refractivity contribution in [2.24, 2.45) is 4.99 Å². The molecular formula is C19H34IN5OS. The summed E-state index contributed by atoms with van der Waals surface area (Å²) in [5, 5.41) is 11.8. The van der Waals surface area contributed by atoms with E-state index in [0.717, 1.165) is 32.0 Å². The van der Waals surface area contributed by atoms with Gasteiger partial charge in [-0.15, -0.1) is 35.3 Å². The lowest BCUT2D eigenvalue weighted by Gasteiger charge is -2.27. The quantitative estimate of drug-likeness (QED) is 0.273. The van der Waals surface area contributed by atoms with Crippen LogP contribution < -0.4 is 16.0 Å². The second kappa shape index (κ2) is 13.3. The standard InChI is InChI=1S/C19H33N5OS.HI/c1-4-15(2)23-18(25)9-10-21-19(20-3)22-14-16(17-8-7-13-26-17)24-11-5-6-12-24;/h7-8,13,15-16H,4-6,9-12,14H2,1-3H3,(H,23,25)(H2,20,21,22);1H. The van der Waals surface area contributed by atoms with Gasteiger partial charge < -0.3 is 16.0 Å². The van der Waals surface area contributed by atoms with Gasteiger partial charge >= 0.3 is 0 Å². The lowest BCUT2D eigenvalue weighted by Crippen LogP contribution is -2.43. The number of halogens is 1. The van der Waals surface area contributed by atoms with Gasteiger partial charge in [0.1, 0.15) is 0 Å². The first-order valence-electron chi connectivity index (χ1n) is 9.65. The third-order valence-electron chi connectivity index (χ3n) is 4.80. The molecule has 0 aromatic carbocycles. The van der Waals surface area contributed by atoms with Crippen molar-refractivity contribution in [3.8, 4) is 0 Å². The highest BCUT2D eigenvalue weighted by Crippen LogP contribution is 2.27. The Labute approximate surface area is 184 Å². The summed E-state index contributed by atoms with van der Waals surface area (Å²) < 4.78 is 0. The van der Waals surface area contributed by atoms with E-state index in [4.69, 9.17) is 0 Å².